The van der Waals surface area contributed by atoms with Crippen LogP contribution < -0.4 is 5.73 Å². The predicted molar refractivity (Wildman–Crippen MR) is 79.7 cm³/mol. The van der Waals surface area contributed by atoms with Gasteiger partial charge in [-0.1, -0.05) is 57.2 Å². The Morgan fingerprint density at radius 1 is 1.00 bits per heavy atom. The Morgan fingerprint density at radius 2 is 1.61 bits per heavy atom. The molecule has 0 saturated heterocycles. The summed E-state index contributed by atoms with van der Waals surface area (Å²) in [6.45, 7) is 8.87. The second-order valence-corrected chi connectivity index (χ2v) is 6.39. The van der Waals surface area contributed by atoms with Crippen molar-refractivity contribution < 1.29 is 0 Å². The number of nitrogens with two attached hydrogens (primary N) is 1. The summed E-state index contributed by atoms with van der Waals surface area (Å²) in [6.07, 6.45) is 1.00. The number of fused-ring (bicyclic) bond motifs is 1. The quantitative estimate of drug-likeness (QED) is 0.818. The molecular weight excluding hydrogens is 218 g/mol. The Bertz CT molecular complexity index is 549. The third kappa shape index (κ3) is 2.73. The van der Waals surface area contributed by atoms with Crippen molar-refractivity contribution in [2.24, 2.45) is 11.1 Å². The zero-order valence-corrected chi connectivity index (χ0v) is 11.8. The van der Waals surface area contributed by atoms with Gasteiger partial charge in [-0.2, -0.15) is 0 Å². The predicted octanol–water partition coefficient (Wildman–Crippen LogP) is 4.58. The number of hydrogen-bond acceptors (Lipinski definition) is 1. The molecule has 2 aromatic carbocycles. The van der Waals surface area contributed by atoms with Crippen LogP contribution in [0.1, 0.15) is 44.4 Å². The van der Waals surface area contributed by atoms with Gasteiger partial charge in [0.1, 0.15) is 0 Å². The minimum Gasteiger partial charge on any atom is -0.324 e. The lowest BCUT2D eigenvalue weighted by atomic mass is 9.84. The van der Waals surface area contributed by atoms with Crippen LogP contribution in [0.2, 0.25) is 0 Å². The molecule has 0 heterocycles. The zero-order chi connectivity index (χ0) is 13.3. The van der Waals surface area contributed by atoms with Crippen LogP contribution >= 0.6 is 0 Å². The van der Waals surface area contributed by atoms with E-state index in [9.17, 15) is 0 Å². The van der Waals surface area contributed by atoms with Crippen molar-refractivity contribution >= 4 is 10.8 Å². The summed E-state index contributed by atoms with van der Waals surface area (Å²) in [5.74, 6) is 0. The van der Waals surface area contributed by atoms with E-state index < -0.39 is 0 Å². The number of rotatable bonds is 2. The summed E-state index contributed by atoms with van der Waals surface area (Å²) < 4.78 is 0. The molecule has 0 aliphatic carbocycles. The first-order valence-electron chi connectivity index (χ1n) is 6.62. The topological polar surface area (TPSA) is 26.0 Å². The Balaban J connectivity index is 2.49. The van der Waals surface area contributed by atoms with E-state index in [1.807, 2.05) is 0 Å². The Kier molecular flexibility index (Phi) is 3.45. The molecule has 96 valence electrons. The molecule has 1 unspecified atom stereocenters. The van der Waals surface area contributed by atoms with E-state index in [-0.39, 0.29) is 11.5 Å². The molecule has 0 fully saturated rings. The average Bonchev–Trinajstić information content (AvgIpc) is 2.27. The van der Waals surface area contributed by atoms with Crippen LogP contribution in [0.3, 0.4) is 0 Å². The fraction of sp³-hybridized carbons (Fsp3) is 0.412. The first-order valence-corrected chi connectivity index (χ1v) is 6.62. The van der Waals surface area contributed by atoms with Crippen molar-refractivity contribution in [3.8, 4) is 0 Å². The van der Waals surface area contributed by atoms with Gasteiger partial charge in [-0.25, -0.2) is 0 Å². The molecule has 0 saturated carbocycles. The van der Waals surface area contributed by atoms with Gasteiger partial charge < -0.3 is 5.73 Å². The van der Waals surface area contributed by atoms with E-state index >= 15 is 0 Å². The van der Waals surface area contributed by atoms with Gasteiger partial charge in [-0.15, -0.1) is 0 Å². The third-order valence-corrected chi connectivity index (χ3v) is 3.41. The molecule has 0 aliphatic heterocycles. The molecule has 0 spiro atoms. The third-order valence-electron chi connectivity index (χ3n) is 3.41. The lowest BCUT2D eigenvalue weighted by molar-refractivity contribution is 0.343. The molecule has 0 radical (unpaired) electrons. The SMILES string of the molecule is Cc1ccc(C(N)CC(C)(C)C)c2ccccc12. The van der Waals surface area contributed by atoms with Gasteiger partial charge in [0.05, 0.1) is 0 Å². The highest BCUT2D eigenvalue weighted by Crippen LogP contribution is 2.32. The normalized spacial score (nSPS) is 13.8. The van der Waals surface area contributed by atoms with Crippen molar-refractivity contribution in [3.05, 3.63) is 47.5 Å². The summed E-state index contributed by atoms with van der Waals surface area (Å²) in [6, 6.07) is 13.0. The van der Waals surface area contributed by atoms with E-state index in [4.69, 9.17) is 5.73 Å². The minimum absolute atomic E-state index is 0.107. The average molecular weight is 241 g/mol. The fourth-order valence-corrected chi connectivity index (χ4v) is 2.57. The second kappa shape index (κ2) is 4.74. The van der Waals surface area contributed by atoms with E-state index in [2.05, 4.69) is 64.1 Å². The van der Waals surface area contributed by atoms with Gasteiger partial charge in [0, 0.05) is 6.04 Å². The van der Waals surface area contributed by atoms with E-state index in [1.165, 1.54) is 21.9 Å². The molecule has 18 heavy (non-hydrogen) atoms. The molecule has 0 bridgehead atoms. The molecule has 2 rings (SSSR count). The van der Waals surface area contributed by atoms with Crippen LogP contribution in [0.15, 0.2) is 36.4 Å². The van der Waals surface area contributed by atoms with Crippen LogP contribution in [0.4, 0.5) is 0 Å². The summed E-state index contributed by atoms with van der Waals surface area (Å²) in [7, 11) is 0. The van der Waals surface area contributed by atoms with Crippen molar-refractivity contribution in [2.75, 3.05) is 0 Å². The second-order valence-electron chi connectivity index (χ2n) is 6.39. The minimum atomic E-state index is 0.107. The number of aryl methyl sites for hydroxylation is 1. The van der Waals surface area contributed by atoms with Gasteiger partial charge in [0.25, 0.3) is 0 Å². The van der Waals surface area contributed by atoms with Gasteiger partial charge in [0.15, 0.2) is 0 Å². The first kappa shape index (κ1) is 13.1. The Labute approximate surface area is 110 Å². The maximum Gasteiger partial charge on any atom is 0.0306 e. The van der Waals surface area contributed by atoms with Gasteiger partial charge in [-0.05, 0) is 40.7 Å². The fourth-order valence-electron chi connectivity index (χ4n) is 2.57. The standard InChI is InChI=1S/C17H23N/c1-12-9-10-15(16(18)11-17(2,3)4)14-8-6-5-7-13(12)14/h5-10,16H,11,18H2,1-4H3. The lowest BCUT2D eigenvalue weighted by Crippen LogP contribution is -2.19. The highest BCUT2D eigenvalue weighted by atomic mass is 14.6. The van der Waals surface area contributed by atoms with Crippen LogP contribution in [0.5, 0.6) is 0 Å². The molecule has 2 N–H and O–H groups in total. The monoisotopic (exact) mass is 241 g/mol. The molecule has 0 aliphatic rings. The van der Waals surface area contributed by atoms with Gasteiger partial charge in [-0.3, -0.25) is 0 Å². The maximum atomic E-state index is 6.40. The van der Waals surface area contributed by atoms with E-state index in [1.54, 1.807) is 0 Å². The van der Waals surface area contributed by atoms with Crippen molar-refractivity contribution in [2.45, 2.75) is 40.2 Å². The Morgan fingerprint density at radius 3 is 2.22 bits per heavy atom. The summed E-state index contributed by atoms with van der Waals surface area (Å²) >= 11 is 0. The summed E-state index contributed by atoms with van der Waals surface area (Å²) in [4.78, 5) is 0. The maximum absolute atomic E-state index is 6.40. The van der Waals surface area contributed by atoms with E-state index in [0.29, 0.717) is 0 Å². The Hall–Kier alpha value is -1.34. The molecule has 1 nitrogen and oxygen atoms in total. The molecule has 1 atom stereocenters. The largest absolute Gasteiger partial charge is 0.324 e. The van der Waals surface area contributed by atoms with Gasteiger partial charge >= 0.3 is 0 Å². The zero-order valence-electron chi connectivity index (χ0n) is 11.8. The van der Waals surface area contributed by atoms with Crippen LogP contribution in [0.25, 0.3) is 10.8 Å². The van der Waals surface area contributed by atoms with Crippen molar-refractivity contribution in [1.82, 2.24) is 0 Å². The molecule has 1 heteroatoms. The van der Waals surface area contributed by atoms with Crippen molar-refractivity contribution in [1.29, 1.82) is 0 Å². The molecule has 0 amide bonds. The van der Waals surface area contributed by atoms with Crippen LogP contribution in [-0.2, 0) is 0 Å². The summed E-state index contributed by atoms with van der Waals surface area (Å²) in [5, 5.41) is 2.62. The summed E-state index contributed by atoms with van der Waals surface area (Å²) in [5.41, 5.74) is 9.24. The number of benzene rings is 2. The van der Waals surface area contributed by atoms with Crippen LogP contribution in [0, 0.1) is 12.3 Å². The highest BCUT2D eigenvalue weighted by Gasteiger charge is 2.18. The highest BCUT2D eigenvalue weighted by molar-refractivity contribution is 5.88. The molecular formula is C17H23N. The molecule has 0 aromatic heterocycles. The van der Waals surface area contributed by atoms with Crippen molar-refractivity contribution in [3.63, 3.8) is 0 Å². The first-order chi connectivity index (χ1) is 8.38. The smallest absolute Gasteiger partial charge is 0.0306 e. The molecule has 2 aromatic rings. The van der Waals surface area contributed by atoms with E-state index in [0.717, 1.165) is 6.42 Å². The number of hydrogen-bond donors (Lipinski definition) is 1. The lowest BCUT2D eigenvalue weighted by Gasteiger charge is -2.24. The van der Waals surface area contributed by atoms with Gasteiger partial charge in [0.2, 0.25) is 0 Å². The van der Waals surface area contributed by atoms with Crippen LogP contribution in [-0.4, -0.2) is 0 Å².